The van der Waals surface area contributed by atoms with E-state index < -0.39 is 16.1 Å². The monoisotopic (exact) mass is 302 g/mol. The van der Waals surface area contributed by atoms with Crippen LogP contribution in [0.4, 0.5) is 0 Å². The Morgan fingerprint density at radius 2 is 1.45 bits per heavy atom. The van der Waals surface area contributed by atoms with Crippen molar-refractivity contribution in [2.24, 2.45) is 0 Å². The standard InChI is InChI=1S/C18H30Si2/c1-9-19(5,6)17-12-10-16(11-13-17)14-15-20(7,8)18(2,3)4/h9-15H,1H2,2-8H3/b15-14+. The van der Waals surface area contributed by atoms with Gasteiger partial charge in [0.15, 0.2) is 0 Å². The molecule has 110 valence electrons. The van der Waals surface area contributed by atoms with Gasteiger partial charge in [0.2, 0.25) is 0 Å². The Balaban J connectivity index is 2.94. The quantitative estimate of drug-likeness (QED) is 0.654. The van der Waals surface area contributed by atoms with E-state index in [1.54, 1.807) is 0 Å². The minimum absolute atomic E-state index is 0.404. The number of rotatable bonds is 4. The highest BCUT2D eigenvalue weighted by atomic mass is 28.3. The summed E-state index contributed by atoms with van der Waals surface area (Å²) in [5.74, 6) is 0. The van der Waals surface area contributed by atoms with Crippen LogP contribution in [0.5, 0.6) is 0 Å². The average molecular weight is 303 g/mol. The molecule has 0 saturated carbocycles. The molecule has 1 aromatic carbocycles. The molecule has 0 heterocycles. The molecule has 0 saturated heterocycles. The topological polar surface area (TPSA) is 0 Å². The Morgan fingerprint density at radius 1 is 0.950 bits per heavy atom. The van der Waals surface area contributed by atoms with Gasteiger partial charge >= 0.3 is 0 Å². The molecule has 0 unspecified atom stereocenters. The summed E-state index contributed by atoms with van der Waals surface area (Å²) in [5.41, 5.74) is 5.93. The third kappa shape index (κ3) is 4.06. The summed E-state index contributed by atoms with van der Waals surface area (Å²) in [6.45, 7) is 20.6. The van der Waals surface area contributed by atoms with E-state index in [1.165, 1.54) is 10.8 Å². The van der Waals surface area contributed by atoms with Gasteiger partial charge in [-0.05, 0) is 10.6 Å². The summed E-state index contributed by atoms with van der Waals surface area (Å²) < 4.78 is 0. The van der Waals surface area contributed by atoms with Crippen molar-refractivity contribution in [1.82, 2.24) is 0 Å². The molecule has 0 aliphatic rings. The molecule has 0 atom stereocenters. The Morgan fingerprint density at radius 3 is 1.85 bits per heavy atom. The molecule has 0 bridgehead atoms. The number of hydrogen-bond acceptors (Lipinski definition) is 0. The van der Waals surface area contributed by atoms with E-state index in [2.05, 4.69) is 95.3 Å². The average Bonchev–Trinajstić information content (AvgIpc) is 2.35. The molecule has 1 aromatic rings. The Hall–Kier alpha value is -0.866. The highest BCUT2D eigenvalue weighted by Gasteiger charge is 2.32. The van der Waals surface area contributed by atoms with Crippen molar-refractivity contribution in [3.8, 4) is 0 Å². The van der Waals surface area contributed by atoms with E-state index >= 15 is 0 Å². The molecule has 20 heavy (non-hydrogen) atoms. The fourth-order valence-electron chi connectivity index (χ4n) is 1.70. The zero-order valence-corrected chi connectivity index (χ0v) is 16.2. The maximum Gasteiger partial charge on any atom is 0.103 e. The van der Waals surface area contributed by atoms with E-state index in [4.69, 9.17) is 0 Å². The van der Waals surface area contributed by atoms with Crippen LogP contribution in [0, 0.1) is 0 Å². The first-order valence-electron chi connectivity index (χ1n) is 7.43. The smallest absolute Gasteiger partial charge is 0.103 e. The van der Waals surface area contributed by atoms with Gasteiger partial charge in [0.05, 0.1) is 8.07 Å². The highest BCUT2D eigenvalue weighted by Crippen LogP contribution is 2.36. The number of hydrogen-bond donors (Lipinski definition) is 0. The second-order valence-corrected chi connectivity index (χ2v) is 17.6. The van der Waals surface area contributed by atoms with Gasteiger partial charge in [-0.2, -0.15) is 0 Å². The molecule has 0 fully saturated rings. The van der Waals surface area contributed by atoms with Crippen molar-refractivity contribution in [2.45, 2.75) is 52.0 Å². The molecule has 0 spiro atoms. The lowest BCUT2D eigenvalue weighted by Gasteiger charge is -2.34. The largest absolute Gasteiger partial charge is 0.107 e. The summed E-state index contributed by atoms with van der Waals surface area (Å²) in [4.78, 5) is 0. The van der Waals surface area contributed by atoms with E-state index in [9.17, 15) is 0 Å². The van der Waals surface area contributed by atoms with E-state index in [-0.39, 0.29) is 0 Å². The Kier molecular flexibility index (Phi) is 5.04. The van der Waals surface area contributed by atoms with Crippen LogP contribution in [-0.4, -0.2) is 16.1 Å². The van der Waals surface area contributed by atoms with Crippen LogP contribution in [0.1, 0.15) is 26.3 Å². The SMILES string of the molecule is C=C[Si](C)(C)c1ccc(/C=C/[Si](C)(C)C(C)(C)C)cc1. The lowest BCUT2D eigenvalue weighted by molar-refractivity contribution is 0.729. The molecule has 0 radical (unpaired) electrons. The lowest BCUT2D eigenvalue weighted by Crippen LogP contribution is -2.39. The van der Waals surface area contributed by atoms with Gasteiger partial charge in [0, 0.05) is 0 Å². The molecular weight excluding hydrogens is 272 g/mol. The van der Waals surface area contributed by atoms with Crippen LogP contribution in [-0.2, 0) is 0 Å². The van der Waals surface area contributed by atoms with Crippen molar-refractivity contribution in [1.29, 1.82) is 0 Å². The van der Waals surface area contributed by atoms with Crippen LogP contribution >= 0.6 is 0 Å². The summed E-state index contributed by atoms with van der Waals surface area (Å²) in [5, 5.41) is 1.86. The predicted molar refractivity (Wildman–Crippen MR) is 100.0 cm³/mol. The van der Waals surface area contributed by atoms with Crippen molar-refractivity contribution >= 4 is 27.4 Å². The maximum atomic E-state index is 3.98. The first kappa shape index (κ1) is 17.2. The molecule has 2 heteroatoms. The van der Waals surface area contributed by atoms with Crippen LogP contribution < -0.4 is 5.19 Å². The zero-order valence-electron chi connectivity index (χ0n) is 14.2. The molecular formula is C18H30Si2. The Bertz CT molecular complexity index is 485. The second-order valence-electron chi connectivity index (χ2n) is 7.85. The first-order chi connectivity index (χ1) is 8.99. The van der Waals surface area contributed by atoms with E-state index in [1.807, 2.05) is 0 Å². The summed E-state index contributed by atoms with van der Waals surface area (Å²) in [6, 6.07) is 9.05. The molecule has 0 aromatic heterocycles. The van der Waals surface area contributed by atoms with Gasteiger partial charge in [0.1, 0.15) is 8.07 Å². The first-order valence-corrected chi connectivity index (χ1v) is 13.6. The van der Waals surface area contributed by atoms with Crippen LogP contribution in [0.25, 0.3) is 6.08 Å². The minimum atomic E-state index is -1.42. The highest BCUT2D eigenvalue weighted by molar-refractivity contribution is 6.93. The summed E-state index contributed by atoms with van der Waals surface area (Å²) >= 11 is 0. The molecule has 0 aliphatic carbocycles. The molecule has 0 aliphatic heterocycles. The van der Waals surface area contributed by atoms with Crippen LogP contribution in [0.15, 0.2) is 42.2 Å². The second kappa shape index (κ2) is 5.86. The lowest BCUT2D eigenvalue weighted by atomic mass is 10.2. The fraction of sp³-hybridized carbons (Fsp3) is 0.444. The summed E-state index contributed by atoms with van der Waals surface area (Å²) in [7, 11) is -2.75. The number of benzene rings is 1. The van der Waals surface area contributed by atoms with Gasteiger partial charge in [0.25, 0.3) is 0 Å². The van der Waals surface area contributed by atoms with Gasteiger partial charge in [-0.25, -0.2) is 0 Å². The van der Waals surface area contributed by atoms with Crippen molar-refractivity contribution in [3.63, 3.8) is 0 Å². The van der Waals surface area contributed by atoms with Gasteiger partial charge in [-0.3, -0.25) is 0 Å². The molecule has 0 amide bonds. The molecule has 0 nitrogen and oxygen atoms in total. The Labute approximate surface area is 127 Å². The third-order valence-corrected chi connectivity index (χ3v) is 12.5. The van der Waals surface area contributed by atoms with Crippen molar-refractivity contribution in [2.75, 3.05) is 0 Å². The zero-order chi connectivity index (χ0) is 15.6. The molecule has 0 N–H and O–H groups in total. The summed E-state index contributed by atoms with van der Waals surface area (Å²) in [6.07, 6.45) is 2.31. The van der Waals surface area contributed by atoms with E-state index in [0.717, 1.165) is 0 Å². The molecule has 1 rings (SSSR count). The minimum Gasteiger partial charge on any atom is -0.107 e. The third-order valence-electron chi connectivity index (χ3n) is 4.79. The van der Waals surface area contributed by atoms with Gasteiger partial charge in [-0.1, -0.05) is 93.9 Å². The fourth-order valence-corrected chi connectivity index (χ4v) is 4.07. The van der Waals surface area contributed by atoms with Gasteiger partial charge < -0.3 is 0 Å². The van der Waals surface area contributed by atoms with Crippen molar-refractivity contribution < 1.29 is 0 Å². The predicted octanol–water partition coefficient (Wildman–Crippen LogP) is 5.39. The van der Waals surface area contributed by atoms with Crippen LogP contribution in [0.2, 0.25) is 31.2 Å². The van der Waals surface area contributed by atoms with Crippen molar-refractivity contribution in [3.05, 3.63) is 47.8 Å². The maximum absolute atomic E-state index is 3.98. The normalized spacial score (nSPS) is 13.8. The van der Waals surface area contributed by atoms with Gasteiger partial charge in [-0.15, -0.1) is 6.58 Å². The van der Waals surface area contributed by atoms with Crippen LogP contribution in [0.3, 0.4) is 0 Å². The van der Waals surface area contributed by atoms with E-state index in [0.29, 0.717) is 5.04 Å².